The van der Waals surface area contributed by atoms with Crippen molar-refractivity contribution in [3.63, 3.8) is 0 Å². The first-order chi connectivity index (χ1) is 8.69. The lowest BCUT2D eigenvalue weighted by Gasteiger charge is -2.16. The van der Waals surface area contributed by atoms with Crippen molar-refractivity contribution < 1.29 is 0 Å². The topological polar surface area (TPSA) is 12.0 Å². The summed E-state index contributed by atoms with van der Waals surface area (Å²) in [4.78, 5) is 0. The normalized spacial score (nSPS) is 12.2. The molecule has 94 valence electrons. The molecule has 0 heterocycles. The Morgan fingerprint density at radius 3 is 2.17 bits per heavy atom. The molecule has 0 spiro atoms. The van der Waals surface area contributed by atoms with Gasteiger partial charge in [0.1, 0.15) is 0 Å². The maximum atomic E-state index is 5.87. The highest BCUT2D eigenvalue weighted by Crippen LogP contribution is 2.21. The summed E-state index contributed by atoms with van der Waals surface area (Å²) in [5, 5.41) is 4.23. The predicted molar refractivity (Wildman–Crippen MR) is 79.3 cm³/mol. The lowest BCUT2D eigenvalue weighted by atomic mass is 10.0. The van der Waals surface area contributed by atoms with Crippen molar-refractivity contribution in [3.05, 3.63) is 64.7 Å². The van der Waals surface area contributed by atoms with Crippen LogP contribution in [0.1, 0.15) is 31.0 Å². The summed E-state index contributed by atoms with van der Waals surface area (Å²) in [6.07, 6.45) is 1.08. The van der Waals surface area contributed by atoms with E-state index in [2.05, 4.69) is 43.4 Å². The van der Waals surface area contributed by atoms with Crippen LogP contribution in [0.5, 0.6) is 0 Å². The van der Waals surface area contributed by atoms with Crippen LogP contribution in [0.3, 0.4) is 0 Å². The zero-order chi connectivity index (χ0) is 13.0. The van der Waals surface area contributed by atoms with Gasteiger partial charge in [-0.1, -0.05) is 42.8 Å². The van der Waals surface area contributed by atoms with Gasteiger partial charge in [0.15, 0.2) is 0 Å². The van der Waals surface area contributed by atoms with E-state index >= 15 is 0 Å². The summed E-state index contributed by atoms with van der Waals surface area (Å²) in [7, 11) is 0. The molecule has 2 aromatic carbocycles. The van der Waals surface area contributed by atoms with Gasteiger partial charge in [-0.2, -0.15) is 0 Å². The number of rotatable bonds is 4. The van der Waals surface area contributed by atoms with E-state index in [4.69, 9.17) is 11.6 Å². The fourth-order valence-electron chi connectivity index (χ4n) is 1.92. The monoisotopic (exact) mass is 259 g/mol. The fraction of sp³-hybridized carbons (Fsp3) is 0.250. The van der Waals surface area contributed by atoms with E-state index in [9.17, 15) is 0 Å². The van der Waals surface area contributed by atoms with Crippen molar-refractivity contribution in [1.82, 2.24) is 0 Å². The van der Waals surface area contributed by atoms with Crippen molar-refractivity contribution >= 4 is 17.3 Å². The van der Waals surface area contributed by atoms with E-state index < -0.39 is 0 Å². The summed E-state index contributed by atoms with van der Waals surface area (Å²) in [5.41, 5.74) is 3.76. The Bertz CT molecular complexity index is 488. The van der Waals surface area contributed by atoms with Crippen molar-refractivity contribution in [2.45, 2.75) is 26.3 Å². The number of nitrogens with one attached hydrogen (secondary N) is 1. The van der Waals surface area contributed by atoms with Crippen LogP contribution < -0.4 is 5.32 Å². The predicted octanol–water partition coefficient (Wildman–Crippen LogP) is 5.08. The Morgan fingerprint density at radius 1 is 1.00 bits per heavy atom. The van der Waals surface area contributed by atoms with Gasteiger partial charge in [0.05, 0.1) is 0 Å². The number of halogens is 1. The molecule has 0 aliphatic carbocycles. The van der Waals surface area contributed by atoms with Gasteiger partial charge in [-0.15, -0.1) is 0 Å². The van der Waals surface area contributed by atoms with Crippen LogP contribution in [-0.4, -0.2) is 0 Å². The third-order valence-electron chi connectivity index (χ3n) is 3.12. The van der Waals surface area contributed by atoms with Crippen LogP contribution in [0, 0.1) is 0 Å². The Kier molecular flexibility index (Phi) is 4.27. The number of hydrogen-bond donors (Lipinski definition) is 1. The Hall–Kier alpha value is -1.47. The molecule has 0 radical (unpaired) electrons. The quantitative estimate of drug-likeness (QED) is 0.808. The Balaban J connectivity index is 2.06. The molecule has 0 saturated carbocycles. The second-order valence-corrected chi connectivity index (χ2v) is 4.90. The molecule has 1 nitrogen and oxygen atoms in total. The van der Waals surface area contributed by atoms with Gasteiger partial charge in [-0.25, -0.2) is 0 Å². The molecule has 0 amide bonds. The Morgan fingerprint density at radius 2 is 1.61 bits per heavy atom. The van der Waals surface area contributed by atoms with Gasteiger partial charge in [-0.3, -0.25) is 0 Å². The van der Waals surface area contributed by atoms with Crippen LogP contribution in [0.25, 0.3) is 0 Å². The van der Waals surface area contributed by atoms with Crippen molar-refractivity contribution in [2.75, 3.05) is 5.32 Å². The minimum Gasteiger partial charge on any atom is -0.379 e. The highest BCUT2D eigenvalue weighted by molar-refractivity contribution is 6.30. The molecule has 0 bridgehead atoms. The minimum atomic E-state index is 0.289. The lowest BCUT2D eigenvalue weighted by molar-refractivity contribution is 0.883. The van der Waals surface area contributed by atoms with Crippen molar-refractivity contribution in [1.29, 1.82) is 0 Å². The highest BCUT2D eigenvalue weighted by atomic mass is 35.5. The van der Waals surface area contributed by atoms with E-state index in [-0.39, 0.29) is 6.04 Å². The molecule has 0 fully saturated rings. The van der Waals surface area contributed by atoms with Gasteiger partial charge in [0.25, 0.3) is 0 Å². The molecule has 0 aliphatic heterocycles. The zero-order valence-electron chi connectivity index (χ0n) is 10.8. The first kappa shape index (κ1) is 13.0. The van der Waals surface area contributed by atoms with Gasteiger partial charge in [-0.05, 0) is 48.7 Å². The van der Waals surface area contributed by atoms with Gasteiger partial charge < -0.3 is 5.32 Å². The maximum Gasteiger partial charge on any atom is 0.0485 e. The second kappa shape index (κ2) is 5.92. The maximum absolute atomic E-state index is 5.87. The second-order valence-electron chi connectivity index (χ2n) is 4.47. The number of anilines is 1. The molecule has 0 saturated heterocycles. The first-order valence-corrected chi connectivity index (χ1v) is 6.68. The number of hydrogen-bond acceptors (Lipinski definition) is 1. The lowest BCUT2D eigenvalue weighted by Crippen LogP contribution is -2.06. The van der Waals surface area contributed by atoms with Gasteiger partial charge in [0.2, 0.25) is 0 Å². The Labute approximate surface area is 114 Å². The fourth-order valence-corrected chi connectivity index (χ4v) is 2.05. The SMILES string of the molecule is CCc1ccc(C(C)Nc2ccc(Cl)cc2)cc1. The molecule has 0 aromatic heterocycles. The molecule has 1 N–H and O–H groups in total. The van der Waals surface area contributed by atoms with Crippen LogP contribution >= 0.6 is 11.6 Å². The third-order valence-corrected chi connectivity index (χ3v) is 3.37. The molecule has 1 atom stereocenters. The van der Waals surface area contributed by atoms with Crippen molar-refractivity contribution in [3.8, 4) is 0 Å². The smallest absolute Gasteiger partial charge is 0.0485 e. The van der Waals surface area contributed by atoms with E-state index in [1.54, 1.807) is 0 Å². The van der Waals surface area contributed by atoms with E-state index in [0.29, 0.717) is 0 Å². The summed E-state index contributed by atoms with van der Waals surface area (Å²) in [6, 6.07) is 16.8. The summed E-state index contributed by atoms with van der Waals surface area (Å²) >= 11 is 5.87. The third kappa shape index (κ3) is 3.27. The standard InChI is InChI=1S/C16H18ClN/c1-3-13-4-6-14(7-5-13)12(2)18-16-10-8-15(17)9-11-16/h4-12,18H,3H2,1-2H3. The molecule has 2 heteroatoms. The first-order valence-electron chi connectivity index (χ1n) is 6.30. The van der Waals surface area contributed by atoms with Crippen LogP contribution in [0.4, 0.5) is 5.69 Å². The molecule has 0 aliphatic rings. The number of aryl methyl sites for hydroxylation is 1. The molecule has 2 rings (SSSR count). The molecular formula is C16H18ClN. The van der Waals surface area contributed by atoms with E-state index in [1.165, 1.54) is 11.1 Å². The molecule has 1 unspecified atom stereocenters. The van der Waals surface area contributed by atoms with Crippen LogP contribution in [0.15, 0.2) is 48.5 Å². The van der Waals surface area contributed by atoms with Crippen LogP contribution in [0.2, 0.25) is 5.02 Å². The molecule has 2 aromatic rings. The molecule has 18 heavy (non-hydrogen) atoms. The van der Waals surface area contributed by atoms with Crippen molar-refractivity contribution in [2.24, 2.45) is 0 Å². The number of benzene rings is 2. The highest BCUT2D eigenvalue weighted by Gasteiger charge is 2.04. The summed E-state index contributed by atoms with van der Waals surface area (Å²) < 4.78 is 0. The molecular weight excluding hydrogens is 242 g/mol. The summed E-state index contributed by atoms with van der Waals surface area (Å²) in [6.45, 7) is 4.33. The zero-order valence-corrected chi connectivity index (χ0v) is 11.5. The van der Waals surface area contributed by atoms with Gasteiger partial charge >= 0.3 is 0 Å². The van der Waals surface area contributed by atoms with E-state index in [1.807, 2.05) is 24.3 Å². The average Bonchev–Trinajstić information content (AvgIpc) is 2.41. The summed E-state index contributed by atoms with van der Waals surface area (Å²) in [5.74, 6) is 0. The largest absolute Gasteiger partial charge is 0.379 e. The van der Waals surface area contributed by atoms with Crippen LogP contribution in [-0.2, 0) is 6.42 Å². The van der Waals surface area contributed by atoms with Gasteiger partial charge in [0, 0.05) is 16.8 Å². The minimum absolute atomic E-state index is 0.289. The van der Waals surface area contributed by atoms with E-state index in [0.717, 1.165) is 17.1 Å². The average molecular weight is 260 g/mol.